The SMILES string of the molecule is [2H]C(C)(C)c1ccnc(-c2[c-]cc3c(c2)c(C)c(-c2ccccc2)c2ccccc23)c1.[Ir].[c-]1ccccc1-c1ccccn1. The summed E-state index contributed by atoms with van der Waals surface area (Å²) in [6.07, 6.45) is 3.58. The molecule has 0 saturated heterocycles. The van der Waals surface area contributed by atoms with Gasteiger partial charge in [-0.2, -0.15) is 0 Å². The van der Waals surface area contributed by atoms with Gasteiger partial charge >= 0.3 is 0 Å². The average Bonchev–Trinajstić information content (AvgIpc) is 3.06. The number of fused-ring (bicyclic) bond motifs is 3. The van der Waals surface area contributed by atoms with Crippen LogP contribution in [0.5, 0.6) is 0 Å². The van der Waals surface area contributed by atoms with Gasteiger partial charge in [0.25, 0.3) is 0 Å². The van der Waals surface area contributed by atoms with E-state index in [0.29, 0.717) is 0 Å². The van der Waals surface area contributed by atoms with Crippen molar-refractivity contribution in [3.8, 4) is 33.6 Å². The molecule has 2 heterocycles. The maximum atomic E-state index is 8.37. The predicted octanol–water partition coefficient (Wildman–Crippen LogP) is 10.5. The van der Waals surface area contributed by atoms with Crippen LogP contribution >= 0.6 is 0 Å². The standard InChI is InChI=1S/C29H24N.C11H8N.Ir/c1-19(2)22-15-16-30-28(18-22)23-13-14-25-24-11-7-8-12-26(24)29(20(3)27(25)17-23)21-9-5-4-6-10-21;1-2-6-10(7-3-1)11-8-4-5-9-12-11;/h4-12,14-19H,1-3H3;1-6,8-9H;/q2*-1;/i19D;;. The molecular weight excluding hydrogens is 701 g/mol. The summed E-state index contributed by atoms with van der Waals surface area (Å²) < 4.78 is 8.37. The van der Waals surface area contributed by atoms with E-state index >= 15 is 0 Å². The van der Waals surface area contributed by atoms with E-state index in [0.717, 1.165) is 28.1 Å². The van der Waals surface area contributed by atoms with Gasteiger partial charge in [0, 0.05) is 33.9 Å². The topological polar surface area (TPSA) is 25.8 Å². The van der Waals surface area contributed by atoms with E-state index in [9.17, 15) is 0 Å². The third-order valence-electron chi connectivity index (χ3n) is 7.54. The first kappa shape index (κ1) is 28.7. The third-order valence-corrected chi connectivity index (χ3v) is 7.54. The van der Waals surface area contributed by atoms with Crippen LogP contribution in [0, 0.1) is 19.1 Å². The molecular formula is C40H32IrN2-2. The van der Waals surface area contributed by atoms with Crippen LogP contribution in [0.15, 0.2) is 134 Å². The summed E-state index contributed by atoms with van der Waals surface area (Å²) in [6.45, 7) is 6.01. The van der Waals surface area contributed by atoms with Gasteiger partial charge in [-0.1, -0.05) is 114 Å². The minimum absolute atomic E-state index is 0. The van der Waals surface area contributed by atoms with Gasteiger partial charge in [-0.25, -0.2) is 0 Å². The molecule has 0 saturated carbocycles. The zero-order chi connectivity index (χ0) is 29.8. The van der Waals surface area contributed by atoms with Gasteiger partial charge in [0.05, 0.1) is 0 Å². The molecule has 213 valence electrons. The average molecular weight is 734 g/mol. The molecule has 3 heteroatoms. The van der Waals surface area contributed by atoms with Gasteiger partial charge in [-0.15, -0.1) is 59.7 Å². The second-order valence-corrected chi connectivity index (χ2v) is 10.5. The van der Waals surface area contributed by atoms with Crippen molar-refractivity contribution >= 4 is 21.5 Å². The molecule has 0 unspecified atom stereocenters. The molecule has 7 aromatic rings. The monoisotopic (exact) mass is 734 g/mol. The van der Waals surface area contributed by atoms with E-state index < -0.39 is 5.89 Å². The molecule has 0 aliphatic heterocycles. The Morgan fingerprint density at radius 2 is 1.35 bits per heavy atom. The van der Waals surface area contributed by atoms with Crippen LogP contribution in [0.4, 0.5) is 0 Å². The maximum absolute atomic E-state index is 8.37. The molecule has 0 atom stereocenters. The van der Waals surface area contributed by atoms with Crippen LogP contribution in [-0.4, -0.2) is 9.97 Å². The van der Waals surface area contributed by atoms with Crippen molar-refractivity contribution < 1.29 is 21.5 Å². The summed E-state index contributed by atoms with van der Waals surface area (Å²) >= 11 is 0. The molecule has 43 heavy (non-hydrogen) atoms. The Balaban J connectivity index is 0.000000248. The number of pyridine rings is 2. The molecule has 0 spiro atoms. The number of aromatic nitrogens is 2. The number of aryl methyl sites for hydroxylation is 1. The van der Waals surface area contributed by atoms with Crippen LogP contribution < -0.4 is 0 Å². The van der Waals surface area contributed by atoms with Crippen LogP contribution in [0.25, 0.3) is 55.2 Å². The number of hydrogen-bond acceptors (Lipinski definition) is 2. The van der Waals surface area contributed by atoms with Crippen LogP contribution in [0.3, 0.4) is 0 Å². The smallest absolute Gasteiger partial charge is 0.0346 e. The molecule has 0 aliphatic carbocycles. The summed E-state index contributed by atoms with van der Waals surface area (Å²) in [6, 6.07) is 47.7. The second-order valence-electron chi connectivity index (χ2n) is 10.5. The first-order valence-electron chi connectivity index (χ1n) is 14.7. The van der Waals surface area contributed by atoms with Gasteiger partial charge in [-0.05, 0) is 52.9 Å². The van der Waals surface area contributed by atoms with E-state index in [2.05, 4.69) is 95.8 Å². The van der Waals surface area contributed by atoms with E-state index in [4.69, 9.17) is 1.37 Å². The Morgan fingerprint density at radius 3 is 2.07 bits per heavy atom. The van der Waals surface area contributed by atoms with E-state index in [-0.39, 0.29) is 20.1 Å². The Morgan fingerprint density at radius 1 is 0.628 bits per heavy atom. The molecule has 0 fully saturated rings. The van der Waals surface area contributed by atoms with E-state index in [1.54, 1.807) is 12.4 Å². The second kappa shape index (κ2) is 13.7. The fraction of sp³-hybridized carbons (Fsp3) is 0.100. The van der Waals surface area contributed by atoms with E-state index in [1.165, 1.54) is 38.2 Å². The van der Waals surface area contributed by atoms with Gasteiger partial charge in [-0.3, -0.25) is 0 Å². The molecule has 2 aromatic heterocycles. The minimum atomic E-state index is -0.666. The fourth-order valence-corrected chi connectivity index (χ4v) is 5.39. The van der Waals surface area contributed by atoms with E-state index in [1.807, 2.05) is 68.4 Å². The first-order valence-corrected chi connectivity index (χ1v) is 14.2. The van der Waals surface area contributed by atoms with Crippen molar-refractivity contribution in [3.63, 3.8) is 0 Å². The number of benzene rings is 5. The van der Waals surface area contributed by atoms with Crippen molar-refractivity contribution in [1.82, 2.24) is 9.97 Å². The summed E-state index contributed by atoms with van der Waals surface area (Å²) in [4.78, 5) is 8.81. The molecule has 0 amide bonds. The van der Waals surface area contributed by atoms with Gasteiger partial charge in [0.2, 0.25) is 0 Å². The van der Waals surface area contributed by atoms with Gasteiger partial charge in [0.15, 0.2) is 0 Å². The van der Waals surface area contributed by atoms with Gasteiger partial charge in [0.1, 0.15) is 0 Å². The maximum Gasteiger partial charge on any atom is 0.0346 e. The van der Waals surface area contributed by atoms with Crippen LogP contribution in [-0.2, 0) is 20.1 Å². The van der Waals surface area contributed by atoms with Crippen molar-refractivity contribution in [3.05, 3.63) is 157 Å². The molecule has 1 radical (unpaired) electrons. The van der Waals surface area contributed by atoms with Gasteiger partial charge < -0.3 is 9.97 Å². The Labute approximate surface area is 269 Å². The predicted molar refractivity (Wildman–Crippen MR) is 176 cm³/mol. The summed E-state index contributed by atoms with van der Waals surface area (Å²) in [7, 11) is 0. The van der Waals surface area contributed by atoms with Crippen LogP contribution in [0.1, 0.15) is 32.2 Å². The quantitative estimate of drug-likeness (QED) is 0.133. The molecule has 0 N–H and O–H groups in total. The largest absolute Gasteiger partial charge is 0.305 e. The van der Waals surface area contributed by atoms with Crippen LogP contribution in [0.2, 0.25) is 0 Å². The summed E-state index contributed by atoms with van der Waals surface area (Å²) in [5, 5.41) is 4.91. The minimum Gasteiger partial charge on any atom is -0.305 e. The Hall–Kier alpha value is -4.43. The van der Waals surface area contributed by atoms with Crippen molar-refractivity contribution in [2.24, 2.45) is 0 Å². The fourth-order valence-electron chi connectivity index (χ4n) is 5.39. The molecule has 0 aliphatic rings. The normalized spacial score (nSPS) is 11.3. The number of rotatable bonds is 4. The Kier molecular flexibility index (Phi) is 9.13. The van der Waals surface area contributed by atoms with Crippen molar-refractivity contribution in [2.75, 3.05) is 0 Å². The number of nitrogens with zero attached hydrogens (tertiary/aromatic N) is 2. The number of hydrogen-bond donors (Lipinski definition) is 0. The Bertz CT molecular complexity index is 1960. The summed E-state index contributed by atoms with van der Waals surface area (Å²) in [5.41, 5.74) is 8.53. The molecule has 7 rings (SSSR count). The zero-order valence-electron chi connectivity index (χ0n) is 25.4. The third kappa shape index (κ3) is 6.49. The molecule has 2 nitrogen and oxygen atoms in total. The van der Waals surface area contributed by atoms with Crippen molar-refractivity contribution in [2.45, 2.75) is 26.7 Å². The summed E-state index contributed by atoms with van der Waals surface area (Å²) in [5.74, 6) is -0.666. The first-order chi connectivity index (χ1) is 20.9. The molecule has 0 bridgehead atoms. The zero-order valence-corrected chi connectivity index (χ0v) is 26.8. The molecule has 5 aromatic carbocycles. The van der Waals surface area contributed by atoms with Crippen molar-refractivity contribution in [1.29, 1.82) is 0 Å².